The summed E-state index contributed by atoms with van der Waals surface area (Å²) < 4.78 is 1.75. The quantitative estimate of drug-likeness (QED) is 0.649. The first-order valence-electron chi connectivity index (χ1n) is 8.11. The highest BCUT2D eigenvalue weighted by Gasteiger charge is 2.27. The molecule has 0 unspecified atom stereocenters. The van der Waals surface area contributed by atoms with Gasteiger partial charge in [0.25, 0.3) is 0 Å². The molecule has 0 radical (unpaired) electrons. The number of aromatic nitrogens is 2. The zero-order valence-electron chi connectivity index (χ0n) is 13.6. The lowest BCUT2D eigenvalue weighted by molar-refractivity contribution is -0.120. The summed E-state index contributed by atoms with van der Waals surface area (Å²) in [6.07, 6.45) is 4.58. The molecule has 24 heavy (non-hydrogen) atoms. The van der Waals surface area contributed by atoms with Crippen LogP contribution in [-0.4, -0.2) is 34.5 Å². The number of unbranched alkanes of at least 4 members (excludes halogenated alkanes) is 2. The fourth-order valence-corrected chi connectivity index (χ4v) is 2.96. The SMILES string of the molecule is Cn1nc(N2CCC(=O)NC2=O)c2ccc(CCCCC=O)cc21. The molecule has 1 aromatic carbocycles. The van der Waals surface area contributed by atoms with Crippen LogP contribution in [-0.2, 0) is 23.1 Å². The first-order valence-corrected chi connectivity index (χ1v) is 8.11. The second-order valence-corrected chi connectivity index (χ2v) is 5.97. The first-order chi connectivity index (χ1) is 11.6. The molecule has 0 spiro atoms. The van der Waals surface area contributed by atoms with E-state index in [2.05, 4.69) is 16.5 Å². The fraction of sp³-hybridized carbons (Fsp3) is 0.412. The van der Waals surface area contributed by atoms with Crippen LogP contribution in [0.15, 0.2) is 18.2 Å². The van der Waals surface area contributed by atoms with Gasteiger partial charge in [-0.15, -0.1) is 0 Å². The van der Waals surface area contributed by atoms with Crippen LogP contribution in [0.3, 0.4) is 0 Å². The van der Waals surface area contributed by atoms with Crippen LogP contribution in [0.4, 0.5) is 10.6 Å². The Balaban J connectivity index is 1.85. The van der Waals surface area contributed by atoms with Gasteiger partial charge in [-0.05, 0) is 37.0 Å². The minimum absolute atomic E-state index is 0.255. The lowest BCUT2D eigenvalue weighted by atomic mass is 10.1. The number of nitrogens with zero attached hydrogens (tertiary/aromatic N) is 3. The number of imide groups is 1. The molecule has 3 rings (SSSR count). The van der Waals surface area contributed by atoms with Gasteiger partial charge in [0.05, 0.1) is 5.52 Å². The average Bonchev–Trinajstić information content (AvgIpc) is 2.88. The number of aryl methyl sites for hydroxylation is 2. The molecule has 126 valence electrons. The molecule has 0 saturated carbocycles. The van der Waals surface area contributed by atoms with E-state index in [0.29, 0.717) is 18.8 Å². The summed E-state index contributed by atoms with van der Waals surface area (Å²) in [6, 6.07) is 5.64. The van der Waals surface area contributed by atoms with E-state index in [1.165, 1.54) is 10.5 Å². The summed E-state index contributed by atoms with van der Waals surface area (Å²) in [4.78, 5) is 35.2. The van der Waals surface area contributed by atoms with Gasteiger partial charge in [0.2, 0.25) is 5.91 Å². The Labute approximate surface area is 139 Å². The Morgan fingerprint density at radius 3 is 2.88 bits per heavy atom. The Kier molecular flexibility index (Phi) is 4.59. The van der Waals surface area contributed by atoms with E-state index in [0.717, 1.165) is 36.5 Å². The van der Waals surface area contributed by atoms with Crippen molar-refractivity contribution in [3.8, 4) is 0 Å². The fourth-order valence-electron chi connectivity index (χ4n) is 2.96. The molecule has 1 aromatic heterocycles. The number of hydrogen-bond donors (Lipinski definition) is 1. The summed E-state index contributed by atoms with van der Waals surface area (Å²) >= 11 is 0. The molecule has 0 atom stereocenters. The van der Waals surface area contributed by atoms with Crippen molar-refractivity contribution in [1.82, 2.24) is 15.1 Å². The van der Waals surface area contributed by atoms with Gasteiger partial charge in [-0.1, -0.05) is 6.07 Å². The second kappa shape index (κ2) is 6.82. The summed E-state index contributed by atoms with van der Waals surface area (Å²) in [7, 11) is 1.84. The van der Waals surface area contributed by atoms with Crippen LogP contribution in [0.5, 0.6) is 0 Å². The van der Waals surface area contributed by atoms with Crippen molar-refractivity contribution in [2.45, 2.75) is 32.1 Å². The summed E-state index contributed by atoms with van der Waals surface area (Å²) in [5.41, 5.74) is 2.13. The van der Waals surface area contributed by atoms with Crippen LogP contribution in [0.2, 0.25) is 0 Å². The number of benzene rings is 1. The Morgan fingerprint density at radius 1 is 1.29 bits per heavy atom. The van der Waals surface area contributed by atoms with E-state index < -0.39 is 6.03 Å². The van der Waals surface area contributed by atoms with Gasteiger partial charge in [-0.2, -0.15) is 5.10 Å². The molecular weight excluding hydrogens is 308 g/mol. The molecule has 1 aliphatic rings. The van der Waals surface area contributed by atoms with Gasteiger partial charge in [0.15, 0.2) is 5.82 Å². The smallest absolute Gasteiger partial charge is 0.303 e. The van der Waals surface area contributed by atoms with Gasteiger partial charge in [-0.3, -0.25) is 19.7 Å². The van der Waals surface area contributed by atoms with Crippen LogP contribution < -0.4 is 10.2 Å². The predicted octanol–water partition coefficient (Wildman–Crippen LogP) is 1.93. The third kappa shape index (κ3) is 3.15. The molecule has 7 heteroatoms. The predicted molar refractivity (Wildman–Crippen MR) is 89.8 cm³/mol. The molecule has 1 N–H and O–H groups in total. The van der Waals surface area contributed by atoms with Gasteiger partial charge in [-0.25, -0.2) is 4.79 Å². The number of fused-ring (bicyclic) bond motifs is 1. The monoisotopic (exact) mass is 328 g/mol. The molecule has 1 fully saturated rings. The zero-order chi connectivity index (χ0) is 17.1. The number of hydrogen-bond acceptors (Lipinski definition) is 4. The zero-order valence-corrected chi connectivity index (χ0v) is 13.6. The largest absolute Gasteiger partial charge is 0.329 e. The van der Waals surface area contributed by atoms with Gasteiger partial charge in [0, 0.05) is 31.8 Å². The highest BCUT2D eigenvalue weighted by atomic mass is 16.2. The third-order valence-electron chi connectivity index (χ3n) is 4.24. The third-order valence-corrected chi connectivity index (χ3v) is 4.24. The maximum Gasteiger partial charge on any atom is 0.329 e. The Bertz CT molecular complexity index is 796. The van der Waals surface area contributed by atoms with Crippen molar-refractivity contribution >= 4 is 34.9 Å². The normalized spacial score (nSPS) is 15.0. The molecule has 2 heterocycles. The standard InChI is InChI=1S/C17H20N4O3/c1-20-14-11-12(5-3-2-4-10-22)6-7-13(14)16(19-20)21-9-8-15(23)18-17(21)24/h6-7,10-11H,2-5,8-9H2,1H3,(H,18,23,24). The topological polar surface area (TPSA) is 84.3 Å². The van der Waals surface area contributed by atoms with Crippen LogP contribution in [0.1, 0.15) is 31.2 Å². The first kappa shape index (κ1) is 16.2. The molecule has 3 amide bonds. The molecule has 1 saturated heterocycles. The van der Waals surface area contributed by atoms with E-state index in [-0.39, 0.29) is 12.3 Å². The summed E-state index contributed by atoms with van der Waals surface area (Å²) in [5, 5.41) is 7.67. The lowest BCUT2D eigenvalue weighted by Crippen LogP contribution is -2.49. The molecule has 1 aliphatic heterocycles. The Morgan fingerprint density at radius 2 is 2.12 bits per heavy atom. The van der Waals surface area contributed by atoms with Crippen molar-refractivity contribution in [1.29, 1.82) is 0 Å². The van der Waals surface area contributed by atoms with E-state index in [4.69, 9.17) is 0 Å². The lowest BCUT2D eigenvalue weighted by Gasteiger charge is -2.24. The van der Waals surface area contributed by atoms with Crippen molar-refractivity contribution in [2.75, 3.05) is 11.4 Å². The molecule has 0 aliphatic carbocycles. The minimum atomic E-state index is -0.427. The molecule has 2 aromatic rings. The van der Waals surface area contributed by atoms with E-state index >= 15 is 0 Å². The number of urea groups is 1. The van der Waals surface area contributed by atoms with Gasteiger partial charge in [0.1, 0.15) is 6.29 Å². The van der Waals surface area contributed by atoms with Gasteiger partial charge >= 0.3 is 6.03 Å². The molecule has 7 nitrogen and oxygen atoms in total. The number of anilines is 1. The van der Waals surface area contributed by atoms with Crippen molar-refractivity contribution in [2.24, 2.45) is 7.05 Å². The summed E-state index contributed by atoms with van der Waals surface area (Å²) in [5.74, 6) is 0.319. The number of rotatable bonds is 6. The van der Waals surface area contributed by atoms with Crippen LogP contribution >= 0.6 is 0 Å². The van der Waals surface area contributed by atoms with E-state index in [1.807, 2.05) is 19.2 Å². The van der Waals surface area contributed by atoms with E-state index in [9.17, 15) is 14.4 Å². The second-order valence-electron chi connectivity index (χ2n) is 5.97. The molecular formula is C17H20N4O3. The van der Waals surface area contributed by atoms with Crippen LogP contribution in [0, 0.1) is 0 Å². The highest BCUT2D eigenvalue weighted by molar-refractivity contribution is 6.08. The van der Waals surface area contributed by atoms with Crippen molar-refractivity contribution in [3.05, 3.63) is 23.8 Å². The summed E-state index contributed by atoms with van der Waals surface area (Å²) in [6.45, 7) is 0.338. The van der Waals surface area contributed by atoms with E-state index in [1.54, 1.807) is 4.68 Å². The number of amides is 3. The molecule has 0 bridgehead atoms. The number of carbonyl (C=O) groups excluding carboxylic acids is 3. The maximum atomic E-state index is 12.0. The highest BCUT2D eigenvalue weighted by Crippen LogP contribution is 2.28. The van der Waals surface area contributed by atoms with Crippen molar-refractivity contribution in [3.63, 3.8) is 0 Å². The minimum Gasteiger partial charge on any atom is -0.303 e. The maximum absolute atomic E-state index is 12.0. The van der Waals surface area contributed by atoms with Gasteiger partial charge < -0.3 is 4.79 Å². The average molecular weight is 328 g/mol. The van der Waals surface area contributed by atoms with Crippen LogP contribution in [0.25, 0.3) is 10.9 Å². The Hall–Kier alpha value is -2.70. The number of carbonyl (C=O) groups is 3. The number of aldehydes is 1. The van der Waals surface area contributed by atoms with Crippen molar-refractivity contribution < 1.29 is 14.4 Å². The number of nitrogens with one attached hydrogen (secondary N) is 1.